The summed E-state index contributed by atoms with van der Waals surface area (Å²) in [6.45, 7) is 2.04. The van der Waals surface area contributed by atoms with Crippen LogP contribution in [0.2, 0.25) is 0 Å². The van der Waals surface area contributed by atoms with Gasteiger partial charge in [0, 0.05) is 30.7 Å². The molecule has 0 radical (unpaired) electrons. The number of ether oxygens (including phenoxy) is 2. The summed E-state index contributed by atoms with van der Waals surface area (Å²) < 4.78 is 10.7. The van der Waals surface area contributed by atoms with Crippen LogP contribution in [0.25, 0.3) is 0 Å². The van der Waals surface area contributed by atoms with Crippen LogP contribution in [-0.2, 0) is 11.2 Å². The third-order valence-electron chi connectivity index (χ3n) is 3.85. The van der Waals surface area contributed by atoms with Gasteiger partial charge in [-0.25, -0.2) is 0 Å². The van der Waals surface area contributed by atoms with E-state index in [4.69, 9.17) is 9.47 Å². The minimum Gasteiger partial charge on any atom is -0.454 e. The number of carbonyl (C=O) groups is 1. The van der Waals surface area contributed by atoms with Crippen molar-refractivity contribution in [2.75, 3.05) is 31.4 Å². The zero-order chi connectivity index (χ0) is 15.9. The number of fused-ring (bicyclic) bond motifs is 1. The Bertz CT molecular complexity index is 606. The van der Waals surface area contributed by atoms with Crippen molar-refractivity contribution in [2.24, 2.45) is 0 Å². The lowest BCUT2D eigenvalue weighted by molar-refractivity contribution is -0.125. The molecule has 4 nitrogen and oxygen atoms in total. The zero-order valence-corrected chi connectivity index (χ0v) is 13.9. The summed E-state index contributed by atoms with van der Waals surface area (Å²) in [5.41, 5.74) is 1.23. The maximum Gasteiger partial charge on any atom is 0.246 e. The van der Waals surface area contributed by atoms with Crippen LogP contribution < -0.4 is 9.47 Å². The van der Waals surface area contributed by atoms with E-state index in [1.165, 1.54) is 5.56 Å². The van der Waals surface area contributed by atoms with Crippen molar-refractivity contribution in [1.29, 1.82) is 0 Å². The summed E-state index contributed by atoms with van der Waals surface area (Å²) in [7, 11) is 0. The van der Waals surface area contributed by atoms with E-state index in [1.54, 1.807) is 6.08 Å². The molecule has 5 heteroatoms. The van der Waals surface area contributed by atoms with Crippen LogP contribution in [0.15, 0.2) is 42.5 Å². The molecule has 0 unspecified atom stereocenters. The van der Waals surface area contributed by atoms with Gasteiger partial charge in [0.05, 0.1) is 0 Å². The lowest BCUT2D eigenvalue weighted by atomic mass is 10.1. The van der Waals surface area contributed by atoms with Gasteiger partial charge in [0.1, 0.15) is 0 Å². The Morgan fingerprint density at radius 2 is 2.00 bits per heavy atom. The van der Waals surface area contributed by atoms with Crippen molar-refractivity contribution in [3.8, 4) is 11.5 Å². The molecule has 0 atom stereocenters. The van der Waals surface area contributed by atoms with E-state index < -0.39 is 0 Å². The molecule has 1 saturated heterocycles. The van der Waals surface area contributed by atoms with Gasteiger partial charge in [0.15, 0.2) is 11.5 Å². The summed E-state index contributed by atoms with van der Waals surface area (Å²) in [5.74, 6) is 3.86. The summed E-state index contributed by atoms with van der Waals surface area (Å²) in [5, 5.41) is 0. The highest BCUT2D eigenvalue weighted by atomic mass is 32.2. The maximum absolute atomic E-state index is 11.9. The van der Waals surface area contributed by atoms with Crippen molar-refractivity contribution in [3.63, 3.8) is 0 Å². The Kier molecular flexibility index (Phi) is 5.64. The molecule has 0 bridgehead atoms. The number of aryl methyl sites for hydroxylation is 1. The van der Waals surface area contributed by atoms with Crippen LogP contribution in [0.4, 0.5) is 0 Å². The number of thioether (sulfide) groups is 1. The third kappa shape index (κ3) is 4.55. The van der Waals surface area contributed by atoms with Crippen LogP contribution in [0, 0.1) is 0 Å². The number of nitrogens with zero attached hydrogens (tertiary/aromatic N) is 1. The quantitative estimate of drug-likeness (QED) is 0.614. The largest absolute Gasteiger partial charge is 0.454 e. The van der Waals surface area contributed by atoms with Crippen LogP contribution in [-0.4, -0.2) is 42.2 Å². The van der Waals surface area contributed by atoms with Crippen molar-refractivity contribution in [2.45, 2.75) is 12.8 Å². The van der Waals surface area contributed by atoms with Crippen molar-refractivity contribution >= 4 is 17.7 Å². The summed E-state index contributed by atoms with van der Waals surface area (Å²) in [4.78, 5) is 13.8. The Morgan fingerprint density at radius 1 is 1.17 bits per heavy atom. The molecule has 23 heavy (non-hydrogen) atoms. The Balaban J connectivity index is 1.40. The van der Waals surface area contributed by atoms with Crippen LogP contribution in [0.1, 0.15) is 12.0 Å². The molecule has 122 valence electrons. The number of carbonyl (C=O) groups excluding carboxylic acids is 1. The molecule has 0 aromatic heterocycles. The first-order valence-electron chi connectivity index (χ1n) is 7.91. The van der Waals surface area contributed by atoms with Gasteiger partial charge in [-0.05, 0) is 30.5 Å². The standard InChI is InChI=1S/C18H21NO3S/c20-18(19-9-11-23-12-10-19)6-4-2-1-3-5-15-7-8-16-17(13-15)22-14-21-16/h1-2,4,6-8,13H,3,5,9-12,14H2/b2-1+,6-4+. The predicted octanol–water partition coefficient (Wildman–Crippen LogP) is 3.04. The number of hydrogen-bond acceptors (Lipinski definition) is 4. The van der Waals surface area contributed by atoms with Gasteiger partial charge < -0.3 is 14.4 Å². The van der Waals surface area contributed by atoms with E-state index in [-0.39, 0.29) is 5.91 Å². The van der Waals surface area contributed by atoms with Crippen molar-refractivity contribution in [3.05, 3.63) is 48.1 Å². The first-order valence-corrected chi connectivity index (χ1v) is 9.07. The average Bonchev–Trinajstić information content (AvgIpc) is 3.06. The molecule has 1 aromatic rings. The predicted molar refractivity (Wildman–Crippen MR) is 93.1 cm³/mol. The molecule has 1 aromatic carbocycles. The Hall–Kier alpha value is -1.88. The van der Waals surface area contributed by atoms with E-state index in [2.05, 4.69) is 12.1 Å². The topological polar surface area (TPSA) is 38.8 Å². The van der Waals surface area contributed by atoms with Crippen LogP contribution in [0.5, 0.6) is 11.5 Å². The molecule has 1 amide bonds. The third-order valence-corrected chi connectivity index (χ3v) is 4.79. The zero-order valence-electron chi connectivity index (χ0n) is 13.1. The van der Waals surface area contributed by atoms with Gasteiger partial charge in [-0.3, -0.25) is 4.79 Å². The fourth-order valence-corrected chi connectivity index (χ4v) is 3.45. The molecule has 3 rings (SSSR count). The van der Waals surface area contributed by atoms with Gasteiger partial charge in [-0.2, -0.15) is 11.8 Å². The van der Waals surface area contributed by atoms with E-state index >= 15 is 0 Å². The smallest absolute Gasteiger partial charge is 0.246 e. The lowest BCUT2D eigenvalue weighted by Crippen LogP contribution is -2.36. The average molecular weight is 331 g/mol. The SMILES string of the molecule is O=C(/C=C/C=C/CCc1ccc2c(c1)OCO2)N1CCSCC1. The first-order chi connectivity index (χ1) is 11.3. The number of allylic oxidation sites excluding steroid dienone is 3. The normalized spacial score (nSPS) is 17.3. The maximum atomic E-state index is 11.9. The van der Waals surface area contributed by atoms with E-state index in [0.29, 0.717) is 6.79 Å². The number of rotatable bonds is 5. The van der Waals surface area contributed by atoms with Gasteiger partial charge in [0.2, 0.25) is 12.7 Å². The monoisotopic (exact) mass is 331 g/mol. The van der Waals surface area contributed by atoms with E-state index in [1.807, 2.05) is 40.9 Å². The molecule has 0 N–H and O–H groups in total. The van der Waals surface area contributed by atoms with Gasteiger partial charge in [0.25, 0.3) is 0 Å². The first kappa shape index (κ1) is 16.0. The molecule has 2 aliphatic heterocycles. The molecule has 0 spiro atoms. The molecule has 2 heterocycles. The lowest BCUT2D eigenvalue weighted by Gasteiger charge is -2.24. The number of benzene rings is 1. The second-order valence-corrected chi connectivity index (χ2v) is 6.68. The number of amides is 1. The summed E-state index contributed by atoms with van der Waals surface area (Å²) >= 11 is 1.91. The Morgan fingerprint density at radius 3 is 2.87 bits per heavy atom. The van der Waals surface area contributed by atoms with Crippen LogP contribution >= 0.6 is 11.8 Å². The van der Waals surface area contributed by atoms with Crippen LogP contribution in [0.3, 0.4) is 0 Å². The minimum absolute atomic E-state index is 0.116. The summed E-state index contributed by atoms with van der Waals surface area (Å²) in [6, 6.07) is 6.05. The molecule has 1 fully saturated rings. The minimum atomic E-state index is 0.116. The Labute approximate surface area is 141 Å². The van der Waals surface area contributed by atoms with E-state index in [9.17, 15) is 4.79 Å². The molecular weight excluding hydrogens is 310 g/mol. The van der Waals surface area contributed by atoms with E-state index in [0.717, 1.165) is 48.9 Å². The second kappa shape index (κ2) is 8.11. The number of hydrogen-bond donors (Lipinski definition) is 0. The van der Waals surface area contributed by atoms with Gasteiger partial charge >= 0.3 is 0 Å². The highest BCUT2D eigenvalue weighted by Crippen LogP contribution is 2.32. The fraction of sp³-hybridized carbons (Fsp3) is 0.389. The summed E-state index contributed by atoms with van der Waals surface area (Å²) in [6.07, 6.45) is 9.40. The highest BCUT2D eigenvalue weighted by Gasteiger charge is 2.14. The van der Waals surface area contributed by atoms with Gasteiger partial charge in [-0.15, -0.1) is 0 Å². The molecule has 2 aliphatic rings. The highest BCUT2D eigenvalue weighted by molar-refractivity contribution is 7.99. The molecule has 0 saturated carbocycles. The molecular formula is C18H21NO3S. The molecule has 0 aliphatic carbocycles. The fourth-order valence-electron chi connectivity index (χ4n) is 2.55. The van der Waals surface area contributed by atoms with Crippen molar-refractivity contribution in [1.82, 2.24) is 4.90 Å². The van der Waals surface area contributed by atoms with Gasteiger partial charge in [-0.1, -0.05) is 24.3 Å². The van der Waals surface area contributed by atoms with Crippen molar-refractivity contribution < 1.29 is 14.3 Å². The second-order valence-electron chi connectivity index (χ2n) is 5.45.